The summed E-state index contributed by atoms with van der Waals surface area (Å²) in [6.45, 7) is 3.86. The minimum absolute atomic E-state index is 0.00928. The minimum atomic E-state index is -0.111. The molecule has 0 saturated heterocycles. The van der Waals surface area contributed by atoms with Gasteiger partial charge in [0.05, 0.1) is 6.61 Å². The number of rotatable bonds is 7. The van der Waals surface area contributed by atoms with Crippen LogP contribution in [0.1, 0.15) is 19.8 Å². The summed E-state index contributed by atoms with van der Waals surface area (Å²) in [6.07, 6.45) is 2.60. The third-order valence-corrected chi connectivity index (χ3v) is 2.74. The molecule has 4 heteroatoms. The van der Waals surface area contributed by atoms with E-state index in [0.717, 1.165) is 12.5 Å². The Labute approximate surface area is 90.1 Å². The zero-order valence-electron chi connectivity index (χ0n) is 8.59. The second-order valence-electron chi connectivity index (χ2n) is 3.86. The van der Waals surface area contributed by atoms with Gasteiger partial charge in [0.2, 0.25) is 5.91 Å². The van der Waals surface area contributed by atoms with Crippen LogP contribution in [0, 0.1) is 11.8 Å². The van der Waals surface area contributed by atoms with E-state index in [-0.39, 0.29) is 11.8 Å². The van der Waals surface area contributed by atoms with E-state index in [0.29, 0.717) is 19.0 Å². The lowest BCUT2D eigenvalue weighted by molar-refractivity contribution is -0.124. The summed E-state index contributed by atoms with van der Waals surface area (Å²) in [5.74, 6) is 1.05. The predicted octanol–water partition coefficient (Wildman–Crippen LogP) is 1.40. The van der Waals surface area contributed by atoms with Crippen molar-refractivity contribution >= 4 is 17.5 Å². The maximum atomic E-state index is 11.2. The summed E-state index contributed by atoms with van der Waals surface area (Å²) in [4.78, 5) is 11.2. The highest BCUT2D eigenvalue weighted by molar-refractivity contribution is 6.19. The monoisotopic (exact) mass is 219 g/mol. The molecule has 1 N–H and O–H groups in total. The summed E-state index contributed by atoms with van der Waals surface area (Å²) < 4.78 is 5.37. The minimum Gasteiger partial charge on any atom is -0.379 e. The lowest BCUT2D eigenvalue weighted by atomic mass is 10.2. The molecular formula is C10H18ClNO2. The maximum Gasteiger partial charge on any atom is 0.224 e. The first-order chi connectivity index (χ1) is 6.74. The fourth-order valence-corrected chi connectivity index (χ4v) is 1.17. The van der Waals surface area contributed by atoms with Crippen LogP contribution >= 0.6 is 11.6 Å². The summed E-state index contributed by atoms with van der Waals surface area (Å²) >= 11 is 5.54. The summed E-state index contributed by atoms with van der Waals surface area (Å²) in [6, 6.07) is 0. The van der Waals surface area contributed by atoms with Crippen molar-refractivity contribution in [1.82, 2.24) is 5.32 Å². The standard InChI is InChI=1S/C10H18ClNO2/c1-8(6-11)10(13)12-4-5-14-7-9-2-3-9/h8-9H,2-7H2,1H3,(H,12,13). The molecule has 1 fully saturated rings. The van der Waals surface area contributed by atoms with Gasteiger partial charge in [-0.05, 0) is 18.8 Å². The summed E-state index contributed by atoms with van der Waals surface area (Å²) in [5.41, 5.74) is 0. The number of carbonyl (C=O) groups is 1. The summed E-state index contributed by atoms with van der Waals surface area (Å²) in [7, 11) is 0. The Morgan fingerprint density at radius 2 is 2.36 bits per heavy atom. The van der Waals surface area contributed by atoms with E-state index < -0.39 is 0 Å². The lowest BCUT2D eigenvalue weighted by Gasteiger charge is -2.09. The van der Waals surface area contributed by atoms with Crippen molar-refractivity contribution in [2.24, 2.45) is 11.8 Å². The van der Waals surface area contributed by atoms with E-state index in [1.165, 1.54) is 12.8 Å². The van der Waals surface area contributed by atoms with Crippen LogP contribution in [0.3, 0.4) is 0 Å². The fourth-order valence-electron chi connectivity index (χ4n) is 1.03. The third-order valence-electron chi connectivity index (χ3n) is 2.28. The van der Waals surface area contributed by atoms with Gasteiger partial charge in [-0.1, -0.05) is 6.92 Å². The van der Waals surface area contributed by atoms with E-state index in [2.05, 4.69) is 5.32 Å². The molecule has 1 atom stereocenters. The molecule has 0 heterocycles. The van der Waals surface area contributed by atoms with Crippen molar-refractivity contribution in [1.29, 1.82) is 0 Å². The Morgan fingerprint density at radius 1 is 1.64 bits per heavy atom. The van der Waals surface area contributed by atoms with Crippen molar-refractivity contribution in [3.05, 3.63) is 0 Å². The molecule has 0 spiro atoms. The van der Waals surface area contributed by atoms with Gasteiger partial charge in [0.25, 0.3) is 0 Å². The number of hydrogen-bond acceptors (Lipinski definition) is 2. The molecule has 0 aliphatic heterocycles. The second-order valence-corrected chi connectivity index (χ2v) is 4.17. The molecule has 0 aromatic rings. The number of halogens is 1. The van der Waals surface area contributed by atoms with Crippen LogP contribution in [-0.2, 0) is 9.53 Å². The molecule has 0 aromatic heterocycles. The number of nitrogens with one attached hydrogen (secondary N) is 1. The van der Waals surface area contributed by atoms with Gasteiger partial charge in [0.15, 0.2) is 0 Å². The largest absolute Gasteiger partial charge is 0.379 e. The van der Waals surface area contributed by atoms with Gasteiger partial charge >= 0.3 is 0 Å². The van der Waals surface area contributed by atoms with Gasteiger partial charge in [-0.2, -0.15) is 0 Å². The lowest BCUT2D eigenvalue weighted by Crippen LogP contribution is -2.32. The average Bonchev–Trinajstić information content (AvgIpc) is 2.99. The average molecular weight is 220 g/mol. The van der Waals surface area contributed by atoms with Crippen LogP contribution in [0.4, 0.5) is 0 Å². The zero-order chi connectivity index (χ0) is 10.4. The Morgan fingerprint density at radius 3 is 2.93 bits per heavy atom. The fraction of sp³-hybridized carbons (Fsp3) is 0.900. The normalized spacial score (nSPS) is 17.9. The van der Waals surface area contributed by atoms with Crippen molar-refractivity contribution in [2.75, 3.05) is 25.6 Å². The van der Waals surface area contributed by atoms with Crippen molar-refractivity contribution in [3.63, 3.8) is 0 Å². The molecule has 0 bridgehead atoms. The van der Waals surface area contributed by atoms with Gasteiger partial charge in [0.1, 0.15) is 0 Å². The Hall–Kier alpha value is -0.280. The first-order valence-corrected chi connectivity index (χ1v) is 5.69. The van der Waals surface area contributed by atoms with Crippen molar-refractivity contribution in [3.8, 4) is 0 Å². The first-order valence-electron chi connectivity index (χ1n) is 5.15. The van der Waals surface area contributed by atoms with Gasteiger partial charge in [-0.25, -0.2) is 0 Å². The van der Waals surface area contributed by atoms with Crippen LogP contribution in [0.15, 0.2) is 0 Å². The molecule has 1 aliphatic carbocycles. The van der Waals surface area contributed by atoms with E-state index in [9.17, 15) is 4.79 Å². The van der Waals surface area contributed by atoms with Gasteiger partial charge in [-0.3, -0.25) is 4.79 Å². The second kappa shape index (κ2) is 6.25. The SMILES string of the molecule is CC(CCl)C(=O)NCCOCC1CC1. The number of alkyl halides is 1. The highest BCUT2D eigenvalue weighted by Gasteiger charge is 2.20. The number of hydrogen-bond donors (Lipinski definition) is 1. The van der Waals surface area contributed by atoms with Gasteiger partial charge < -0.3 is 10.1 Å². The topological polar surface area (TPSA) is 38.3 Å². The highest BCUT2D eigenvalue weighted by atomic mass is 35.5. The summed E-state index contributed by atoms with van der Waals surface area (Å²) in [5, 5.41) is 2.78. The van der Waals surface area contributed by atoms with Crippen LogP contribution in [-0.4, -0.2) is 31.5 Å². The predicted molar refractivity (Wildman–Crippen MR) is 56.4 cm³/mol. The smallest absolute Gasteiger partial charge is 0.224 e. The van der Waals surface area contributed by atoms with E-state index >= 15 is 0 Å². The third kappa shape index (κ3) is 4.82. The van der Waals surface area contributed by atoms with Gasteiger partial charge in [0, 0.05) is 24.9 Å². The van der Waals surface area contributed by atoms with Crippen LogP contribution in [0.2, 0.25) is 0 Å². The molecule has 1 aliphatic rings. The van der Waals surface area contributed by atoms with E-state index in [4.69, 9.17) is 16.3 Å². The molecular weight excluding hydrogens is 202 g/mol. The zero-order valence-corrected chi connectivity index (χ0v) is 9.35. The quantitative estimate of drug-likeness (QED) is 0.519. The van der Waals surface area contributed by atoms with E-state index in [1.807, 2.05) is 6.92 Å². The van der Waals surface area contributed by atoms with E-state index in [1.54, 1.807) is 0 Å². The molecule has 1 saturated carbocycles. The van der Waals surface area contributed by atoms with Crippen LogP contribution < -0.4 is 5.32 Å². The molecule has 1 amide bonds. The highest BCUT2D eigenvalue weighted by Crippen LogP contribution is 2.28. The molecule has 82 valence electrons. The van der Waals surface area contributed by atoms with Crippen LogP contribution in [0.5, 0.6) is 0 Å². The number of carbonyl (C=O) groups excluding carboxylic acids is 1. The Bertz CT molecular complexity index is 183. The number of amides is 1. The van der Waals surface area contributed by atoms with Crippen molar-refractivity contribution < 1.29 is 9.53 Å². The molecule has 1 unspecified atom stereocenters. The molecule has 14 heavy (non-hydrogen) atoms. The molecule has 0 aromatic carbocycles. The molecule has 1 rings (SSSR count). The van der Waals surface area contributed by atoms with Gasteiger partial charge in [-0.15, -0.1) is 11.6 Å². The maximum absolute atomic E-state index is 11.2. The Kier molecular flexibility index (Phi) is 5.26. The van der Waals surface area contributed by atoms with Crippen LogP contribution in [0.25, 0.3) is 0 Å². The first kappa shape index (κ1) is 11.8. The molecule has 3 nitrogen and oxygen atoms in total. The number of ether oxygens (including phenoxy) is 1. The Balaban J connectivity index is 1.88. The van der Waals surface area contributed by atoms with Crippen molar-refractivity contribution in [2.45, 2.75) is 19.8 Å². The molecule has 0 radical (unpaired) electrons.